The van der Waals surface area contributed by atoms with E-state index in [1.807, 2.05) is 24.3 Å². The third kappa shape index (κ3) is 10.6. The Morgan fingerprint density at radius 1 is 1.14 bits per heavy atom. The van der Waals surface area contributed by atoms with Gasteiger partial charge in [-0.05, 0) is 12.8 Å². The Morgan fingerprint density at radius 2 is 1.79 bits per heavy atom. The molecule has 0 bridgehead atoms. The van der Waals surface area contributed by atoms with E-state index in [2.05, 4.69) is 0 Å². The molecule has 0 N–H and O–H groups in total. The Kier molecular flexibility index (Phi) is 8.75. The number of carbonyl (C=O) groups excluding carboxylic acids is 2. The van der Waals surface area contributed by atoms with Crippen LogP contribution in [0.5, 0.6) is 0 Å². The third-order valence-electron chi connectivity index (χ3n) is 1.43. The summed E-state index contributed by atoms with van der Waals surface area (Å²) in [7, 11) is 0. The first-order valence-electron chi connectivity index (χ1n) is 4.64. The zero-order chi connectivity index (χ0) is 10.6. The van der Waals surface area contributed by atoms with Crippen LogP contribution in [-0.4, -0.2) is 18.9 Å². The Morgan fingerprint density at radius 3 is 2.43 bits per heavy atom. The molecule has 78 valence electrons. The summed E-state index contributed by atoms with van der Waals surface area (Å²) in [4.78, 5) is 20.3. The zero-order valence-corrected chi connectivity index (χ0v) is 8.44. The van der Waals surface area contributed by atoms with Gasteiger partial charge < -0.3 is 9.53 Å². The van der Waals surface area contributed by atoms with Gasteiger partial charge >= 0.3 is 5.97 Å². The molecule has 0 aromatic rings. The Bertz CT molecular complexity index is 217. The molecule has 0 heterocycles. The van der Waals surface area contributed by atoms with E-state index in [1.165, 1.54) is 6.92 Å². The normalized spacial score (nSPS) is 10.9. The number of ether oxygens (including phenoxy) is 1. The highest BCUT2D eigenvalue weighted by atomic mass is 16.5. The van der Waals surface area contributed by atoms with Gasteiger partial charge in [0.2, 0.25) is 0 Å². The summed E-state index contributed by atoms with van der Waals surface area (Å²) < 4.78 is 4.73. The van der Waals surface area contributed by atoms with Crippen LogP contribution in [-0.2, 0) is 14.3 Å². The van der Waals surface area contributed by atoms with Crippen molar-refractivity contribution in [3.63, 3.8) is 0 Å². The number of aldehydes is 1. The lowest BCUT2D eigenvalue weighted by atomic mass is 10.3. The van der Waals surface area contributed by atoms with Crippen LogP contribution in [0, 0.1) is 0 Å². The van der Waals surface area contributed by atoms with Crippen molar-refractivity contribution >= 4 is 12.3 Å². The van der Waals surface area contributed by atoms with Crippen molar-refractivity contribution in [2.45, 2.75) is 26.2 Å². The lowest BCUT2D eigenvalue weighted by Crippen LogP contribution is -1.98. The van der Waals surface area contributed by atoms with E-state index < -0.39 is 0 Å². The van der Waals surface area contributed by atoms with Gasteiger partial charge in [-0.2, -0.15) is 0 Å². The minimum atomic E-state index is -0.246. The van der Waals surface area contributed by atoms with Gasteiger partial charge in [0.25, 0.3) is 0 Å². The largest absolute Gasteiger partial charge is 0.466 e. The van der Waals surface area contributed by atoms with Crippen LogP contribution >= 0.6 is 0 Å². The van der Waals surface area contributed by atoms with Crippen LogP contribution < -0.4 is 0 Å². The Balaban J connectivity index is 3.27. The van der Waals surface area contributed by atoms with Crippen molar-refractivity contribution in [3.8, 4) is 0 Å². The van der Waals surface area contributed by atoms with E-state index in [-0.39, 0.29) is 5.97 Å². The molecule has 0 aliphatic carbocycles. The molecule has 0 amide bonds. The summed E-state index contributed by atoms with van der Waals surface area (Å²) in [6.07, 6.45) is 10.6. The highest BCUT2D eigenvalue weighted by molar-refractivity contribution is 5.65. The average molecular weight is 196 g/mol. The minimum Gasteiger partial charge on any atom is -0.466 e. The van der Waals surface area contributed by atoms with Crippen LogP contribution in [0.2, 0.25) is 0 Å². The van der Waals surface area contributed by atoms with Crippen molar-refractivity contribution in [2.24, 2.45) is 0 Å². The molecule has 0 saturated heterocycles. The summed E-state index contributed by atoms with van der Waals surface area (Å²) in [5, 5.41) is 0. The predicted molar refractivity (Wildman–Crippen MR) is 54.8 cm³/mol. The van der Waals surface area contributed by atoms with Gasteiger partial charge in [-0.1, -0.05) is 24.3 Å². The summed E-state index contributed by atoms with van der Waals surface area (Å²) in [6.45, 7) is 1.83. The third-order valence-corrected chi connectivity index (χ3v) is 1.43. The first-order valence-corrected chi connectivity index (χ1v) is 4.64. The number of esters is 1. The summed E-state index contributed by atoms with van der Waals surface area (Å²) in [6, 6.07) is 0. The molecule has 0 atom stereocenters. The van der Waals surface area contributed by atoms with Gasteiger partial charge in [-0.25, -0.2) is 0 Å². The molecule has 0 fully saturated rings. The molecule has 3 nitrogen and oxygen atoms in total. The van der Waals surface area contributed by atoms with Crippen molar-refractivity contribution in [3.05, 3.63) is 24.3 Å². The molecule has 0 aromatic heterocycles. The maximum atomic E-state index is 10.4. The SMILES string of the molecule is CC(=O)OCC/C=C\C/C=C\CC=O. The van der Waals surface area contributed by atoms with Crippen LogP contribution in [0.3, 0.4) is 0 Å². The highest BCUT2D eigenvalue weighted by Crippen LogP contribution is 1.91. The molecule has 0 spiro atoms. The fourth-order valence-electron chi connectivity index (χ4n) is 0.811. The molecule has 0 unspecified atom stereocenters. The molecule has 14 heavy (non-hydrogen) atoms. The lowest BCUT2D eigenvalue weighted by molar-refractivity contribution is -0.140. The zero-order valence-electron chi connectivity index (χ0n) is 8.44. The van der Waals surface area contributed by atoms with Gasteiger partial charge in [-0.3, -0.25) is 4.79 Å². The second-order valence-electron chi connectivity index (χ2n) is 2.71. The van der Waals surface area contributed by atoms with Gasteiger partial charge in [-0.15, -0.1) is 0 Å². The van der Waals surface area contributed by atoms with E-state index >= 15 is 0 Å². The highest BCUT2D eigenvalue weighted by Gasteiger charge is 1.87. The van der Waals surface area contributed by atoms with Crippen molar-refractivity contribution in [1.82, 2.24) is 0 Å². The first-order chi connectivity index (χ1) is 6.77. The smallest absolute Gasteiger partial charge is 0.302 e. The van der Waals surface area contributed by atoms with Crippen LogP contribution in [0.25, 0.3) is 0 Å². The molecule has 0 radical (unpaired) electrons. The van der Waals surface area contributed by atoms with Gasteiger partial charge in [0.05, 0.1) is 6.61 Å². The monoisotopic (exact) mass is 196 g/mol. The van der Waals surface area contributed by atoms with E-state index in [0.717, 1.165) is 19.1 Å². The summed E-state index contributed by atoms with van der Waals surface area (Å²) >= 11 is 0. The van der Waals surface area contributed by atoms with Gasteiger partial charge in [0.15, 0.2) is 0 Å². The van der Waals surface area contributed by atoms with Gasteiger partial charge in [0, 0.05) is 13.3 Å². The van der Waals surface area contributed by atoms with Crippen molar-refractivity contribution in [2.75, 3.05) is 6.61 Å². The number of hydrogen-bond donors (Lipinski definition) is 0. The summed E-state index contributed by atoms with van der Waals surface area (Å²) in [5.41, 5.74) is 0. The topological polar surface area (TPSA) is 43.4 Å². The maximum absolute atomic E-state index is 10.4. The second-order valence-corrected chi connectivity index (χ2v) is 2.71. The molecular formula is C11H16O3. The van der Waals surface area contributed by atoms with Crippen LogP contribution in [0.4, 0.5) is 0 Å². The Hall–Kier alpha value is -1.38. The Labute approximate surface area is 84.4 Å². The quantitative estimate of drug-likeness (QED) is 0.271. The lowest BCUT2D eigenvalue weighted by Gasteiger charge is -1.95. The van der Waals surface area contributed by atoms with Crippen molar-refractivity contribution < 1.29 is 14.3 Å². The molecule has 0 aromatic carbocycles. The van der Waals surface area contributed by atoms with E-state index in [4.69, 9.17) is 4.74 Å². The fourth-order valence-corrected chi connectivity index (χ4v) is 0.811. The number of carbonyl (C=O) groups is 2. The minimum absolute atomic E-state index is 0.246. The second kappa shape index (κ2) is 9.71. The fraction of sp³-hybridized carbons (Fsp3) is 0.455. The number of allylic oxidation sites excluding steroid dienone is 3. The van der Waals surface area contributed by atoms with E-state index in [1.54, 1.807) is 0 Å². The molecule has 0 aliphatic rings. The van der Waals surface area contributed by atoms with E-state index in [9.17, 15) is 9.59 Å². The molecule has 0 aliphatic heterocycles. The molecule has 0 rings (SSSR count). The number of rotatable bonds is 7. The number of hydrogen-bond acceptors (Lipinski definition) is 3. The first kappa shape index (κ1) is 12.6. The van der Waals surface area contributed by atoms with Crippen LogP contribution in [0.15, 0.2) is 24.3 Å². The standard InChI is InChI=1S/C11H16O3/c1-11(13)14-10-8-6-4-2-3-5-7-9-12/h3-6,9H,2,7-8,10H2,1H3/b5-3-,6-4-. The molecule has 0 saturated carbocycles. The van der Waals surface area contributed by atoms with Gasteiger partial charge in [0.1, 0.15) is 6.29 Å². The summed E-state index contributed by atoms with van der Waals surface area (Å²) in [5.74, 6) is -0.246. The molecular weight excluding hydrogens is 180 g/mol. The van der Waals surface area contributed by atoms with Crippen molar-refractivity contribution in [1.29, 1.82) is 0 Å². The van der Waals surface area contributed by atoms with E-state index in [0.29, 0.717) is 13.0 Å². The maximum Gasteiger partial charge on any atom is 0.302 e. The molecule has 3 heteroatoms. The van der Waals surface area contributed by atoms with Crippen LogP contribution in [0.1, 0.15) is 26.2 Å². The average Bonchev–Trinajstić information content (AvgIpc) is 2.15. The predicted octanol–water partition coefficient (Wildman–Crippen LogP) is 2.03.